The number of aliphatic carboxylic acids is 1. The lowest BCUT2D eigenvalue weighted by molar-refractivity contribution is -0.141. The van der Waals surface area contributed by atoms with Crippen molar-refractivity contribution in [3.8, 4) is 0 Å². The maximum Gasteiger partial charge on any atom is 0.326 e. The van der Waals surface area contributed by atoms with Crippen LogP contribution in [0.2, 0.25) is 0 Å². The van der Waals surface area contributed by atoms with Crippen LogP contribution in [0, 0.1) is 18.6 Å². The number of amides is 2. The van der Waals surface area contributed by atoms with E-state index < -0.39 is 29.7 Å². The summed E-state index contributed by atoms with van der Waals surface area (Å²) in [4.78, 5) is 24.0. The van der Waals surface area contributed by atoms with Crippen molar-refractivity contribution in [1.29, 1.82) is 0 Å². The molecule has 0 aliphatic carbocycles. The standard InChI is InChI=1S/C13H14F2N2O3/c1-7-5-9(15)10(6-8(7)14)16-13(20)17-4-2-3-11(17)12(18)19/h5-6,11H,2-4H2,1H3,(H,16,20)(H,18,19)/t11-/m1/s1. The molecule has 5 nitrogen and oxygen atoms in total. The molecule has 1 aromatic carbocycles. The van der Waals surface area contributed by atoms with Crippen LogP contribution in [-0.2, 0) is 4.79 Å². The number of nitrogens with one attached hydrogen (secondary N) is 1. The summed E-state index contributed by atoms with van der Waals surface area (Å²) in [6, 6.07) is 0.197. The third-order valence-corrected chi connectivity index (χ3v) is 3.29. The van der Waals surface area contributed by atoms with Gasteiger partial charge in [0.25, 0.3) is 0 Å². The zero-order chi connectivity index (χ0) is 14.9. The highest BCUT2D eigenvalue weighted by molar-refractivity contribution is 5.92. The third kappa shape index (κ3) is 2.71. The van der Waals surface area contributed by atoms with Gasteiger partial charge in [-0.1, -0.05) is 0 Å². The predicted molar refractivity (Wildman–Crippen MR) is 67.5 cm³/mol. The highest BCUT2D eigenvalue weighted by Crippen LogP contribution is 2.22. The molecule has 2 N–H and O–H groups in total. The van der Waals surface area contributed by atoms with Gasteiger partial charge in [-0.3, -0.25) is 0 Å². The zero-order valence-corrected chi connectivity index (χ0v) is 10.8. The van der Waals surface area contributed by atoms with Gasteiger partial charge in [0.15, 0.2) is 0 Å². The number of carbonyl (C=O) groups is 2. The molecule has 2 rings (SSSR count). The highest BCUT2D eigenvalue weighted by Gasteiger charge is 2.34. The Morgan fingerprint density at radius 2 is 2.05 bits per heavy atom. The molecular formula is C13H14F2N2O3. The number of benzene rings is 1. The molecule has 0 radical (unpaired) electrons. The average Bonchev–Trinajstić information content (AvgIpc) is 2.85. The monoisotopic (exact) mass is 284 g/mol. The first-order chi connectivity index (χ1) is 9.40. The summed E-state index contributed by atoms with van der Waals surface area (Å²) in [5.74, 6) is -2.51. The fraction of sp³-hybridized carbons (Fsp3) is 0.385. The Morgan fingerprint density at radius 3 is 2.70 bits per heavy atom. The van der Waals surface area contributed by atoms with Gasteiger partial charge < -0.3 is 15.3 Å². The van der Waals surface area contributed by atoms with Gasteiger partial charge in [-0.05, 0) is 31.4 Å². The van der Waals surface area contributed by atoms with Crippen molar-refractivity contribution in [3.63, 3.8) is 0 Å². The van der Waals surface area contributed by atoms with E-state index in [1.54, 1.807) is 0 Å². The number of urea groups is 1. The molecule has 0 saturated carbocycles. The van der Waals surface area contributed by atoms with E-state index >= 15 is 0 Å². The SMILES string of the molecule is Cc1cc(F)c(NC(=O)N2CCC[C@@H]2C(=O)O)cc1F. The fourth-order valence-corrected chi connectivity index (χ4v) is 2.20. The van der Waals surface area contributed by atoms with Crippen molar-refractivity contribution in [2.24, 2.45) is 0 Å². The van der Waals surface area contributed by atoms with Crippen molar-refractivity contribution in [2.75, 3.05) is 11.9 Å². The van der Waals surface area contributed by atoms with Gasteiger partial charge in [0.05, 0.1) is 5.69 Å². The van der Waals surface area contributed by atoms with E-state index in [9.17, 15) is 18.4 Å². The molecule has 1 atom stereocenters. The molecule has 1 heterocycles. The molecule has 0 bridgehead atoms. The van der Waals surface area contributed by atoms with Crippen LogP contribution in [0.15, 0.2) is 12.1 Å². The smallest absolute Gasteiger partial charge is 0.326 e. The molecule has 108 valence electrons. The highest BCUT2D eigenvalue weighted by atomic mass is 19.1. The van der Waals surface area contributed by atoms with E-state index in [2.05, 4.69) is 5.32 Å². The molecule has 0 unspecified atom stereocenters. The number of carboxylic acids is 1. The largest absolute Gasteiger partial charge is 0.480 e. The molecule has 1 saturated heterocycles. The van der Waals surface area contributed by atoms with E-state index in [1.807, 2.05) is 0 Å². The number of anilines is 1. The molecule has 1 aromatic rings. The Balaban J connectivity index is 2.16. The van der Waals surface area contributed by atoms with Crippen LogP contribution in [-0.4, -0.2) is 34.6 Å². The number of hydrogen-bond donors (Lipinski definition) is 2. The maximum absolute atomic E-state index is 13.6. The number of likely N-dealkylation sites (tertiary alicyclic amines) is 1. The minimum Gasteiger partial charge on any atom is -0.480 e. The van der Waals surface area contributed by atoms with Gasteiger partial charge in [0.1, 0.15) is 17.7 Å². The first-order valence-corrected chi connectivity index (χ1v) is 6.16. The maximum atomic E-state index is 13.6. The summed E-state index contributed by atoms with van der Waals surface area (Å²) in [6.07, 6.45) is 0.919. The van der Waals surface area contributed by atoms with E-state index in [4.69, 9.17) is 5.11 Å². The van der Waals surface area contributed by atoms with Gasteiger partial charge >= 0.3 is 12.0 Å². The summed E-state index contributed by atoms with van der Waals surface area (Å²) in [5, 5.41) is 11.2. The van der Waals surface area contributed by atoms with Crippen LogP contribution in [0.3, 0.4) is 0 Å². The predicted octanol–water partition coefficient (Wildman–Crippen LogP) is 2.35. The van der Waals surface area contributed by atoms with Crippen molar-refractivity contribution >= 4 is 17.7 Å². The normalized spacial score (nSPS) is 18.1. The average molecular weight is 284 g/mol. The molecular weight excluding hydrogens is 270 g/mol. The van der Waals surface area contributed by atoms with Gasteiger partial charge in [0, 0.05) is 12.6 Å². The lowest BCUT2D eigenvalue weighted by atomic mass is 10.2. The van der Waals surface area contributed by atoms with Gasteiger partial charge in [-0.2, -0.15) is 0 Å². The minimum atomic E-state index is -1.10. The van der Waals surface area contributed by atoms with Gasteiger partial charge in [-0.15, -0.1) is 0 Å². The number of carbonyl (C=O) groups excluding carboxylic acids is 1. The third-order valence-electron chi connectivity index (χ3n) is 3.29. The second-order valence-electron chi connectivity index (χ2n) is 4.70. The molecule has 7 heteroatoms. The number of aryl methyl sites for hydroxylation is 1. The van der Waals surface area contributed by atoms with Crippen LogP contribution in [0.25, 0.3) is 0 Å². The van der Waals surface area contributed by atoms with Crippen molar-refractivity contribution in [2.45, 2.75) is 25.8 Å². The summed E-state index contributed by atoms with van der Waals surface area (Å²) in [6.45, 7) is 1.68. The Bertz CT molecular complexity index is 563. The number of nitrogens with zero attached hydrogens (tertiary/aromatic N) is 1. The summed E-state index contributed by atoms with van der Waals surface area (Å²) < 4.78 is 27.0. The Hall–Kier alpha value is -2.18. The van der Waals surface area contributed by atoms with Crippen LogP contribution in [0.1, 0.15) is 18.4 Å². The summed E-state index contributed by atoms with van der Waals surface area (Å²) >= 11 is 0. The first kappa shape index (κ1) is 14.2. The van der Waals surface area contributed by atoms with Crippen molar-refractivity contribution in [3.05, 3.63) is 29.3 Å². The van der Waals surface area contributed by atoms with Crippen LogP contribution >= 0.6 is 0 Å². The summed E-state index contributed by atoms with van der Waals surface area (Å²) in [5.41, 5.74) is -0.167. The van der Waals surface area contributed by atoms with E-state index in [-0.39, 0.29) is 17.8 Å². The minimum absolute atomic E-state index is 0.130. The molecule has 1 aliphatic rings. The zero-order valence-electron chi connectivity index (χ0n) is 10.8. The van der Waals surface area contributed by atoms with E-state index in [0.29, 0.717) is 12.8 Å². The Morgan fingerprint density at radius 1 is 1.35 bits per heavy atom. The Labute approximate surface area is 114 Å². The van der Waals surface area contributed by atoms with Crippen LogP contribution in [0.4, 0.5) is 19.3 Å². The van der Waals surface area contributed by atoms with Crippen LogP contribution in [0.5, 0.6) is 0 Å². The lowest BCUT2D eigenvalue weighted by Crippen LogP contribution is -2.42. The van der Waals surface area contributed by atoms with Crippen LogP contribution < -0.4 is 5.32 Å². The van der Waals surface area contributed by atoms with Crippen molar-refractivity contribution in [1.82, 2.24) is 4.90 Å². The van der Waals surface area contributed by atoms with Gasteiger partial charge in [0.2, 0.25) is 0 Å². The number of halogens is 2. The quantitative estimate of drug-likeness (QED) is 0.875. The van der Waals surface area contributed by atoms with Gasteiger partial charge in [-0.25, -0.2) is 18.4 Å². The second-order valence-corrected chi connectivity index (χ2v) is 4.70. The number of carboxylic acid groups (broad SMARTS) is 1. The van der Waals surface area contributed by atoms with Crippen molar-refractivity contribution < 1.29 is 23.5 Å². The van der Waals surface area contributed by atoms with E-state index in [1.165, 1.54) is 6.92 Å². The molecule has 1 aliphatic heterocycles. The molecule has 0 aromatic heterocycles. The lowest BCUT2D eigenvalue weighted by Gasteiger charge is -2.22. The topological polar surface area (TPSA) is 69.6 Å². The fourth-order valence-electron chi connectivity index (χ4n) is 2.20. The number of hydrogen-bond acceptors (Lipinski definition) is 2. The molecule has 0 spiro atoms. The molecule has 20 heavy (non-hydrogen) atoms. The van der Waals surface area contributed by atoms with E-state index in [0.717, 1.165) is 17.0 Å². The second kappa shape index (κ2) is 5.44. The molecule has 2 amide bonds. The Kier molecular flexibility index (Phi) is 3.87. The number of rotatable bonds is 2. The first-order valence-electron chi connectivity index (χ1n) is 6.16. The summed E-state index contributed by atoms with van der Waals surface area (Å²) in [7, 11) is 0. The molecule has 1 fully saturated rings.